The average Bonchev–Trinajstić information content (AvgIpc) is 1.65. The predicted molar refractivity (Wildman–Crippen MR) is 28.6 cm³/mol. The van der Waals surface area contributed by atoms with Crippen molar-refractivity contribution >= 4 is 10.7 Å². The summed E-state index contributed by atoms with van der Waals surface area (Å²) in [6.07, 6.45) is 0.528. The van der Waals surface area contributed by atoms with E-state index >= 15 is 0 Å². The zero-order valence-electron chi connectivity index (χ0n) is 5.30. The molecule has 9 heavy (non-hydrogen) atoms. The van der Waals surface area contributed by atoms with E-state index in [0.29, 0.717) is 6.42 Å². The van der Waals surface area contributed by atoms with Crippen LogP contribution in [0.5, 0.6) is 0 Å². The molecule has 3 nitrogen and oxygen atoms in total. The van der Waals surface area contributed by atoms with Gasteiger partial charge in [0, 0.05) is 6.92 Å². The van der Waals surface area contributed by atoms with Gasteiger partial charge in [0.25, 0.3) is 5.97 Å². The van der Waals surface area contributed by atoms with Gasteiger partial charge >= 0.3 is 38.6 Å². The summed E-state index contributed by atoms with van der Waals surface area (Å²) in [5.41, 5.74) is 0. The number of carbonyl (C=O) groups is 2. The Labute approximate surface area is 62.0 Å². The summed E-state index contributed by atoms with van der Waals surface area (Å²) in [4.78, 5) is 18.7. The van der Waals surface area contributed by atoms with Crippen LogP contribution in [0.15, 0.2) is 0 Å². The molecule has 0 radical (unpaired) electrons. The normalized spacial score (nSPS) is 7.11. The number of hydrogen-bond donors (Lipinski definition) is 1. The van der Waals surface area contributed by atoms with Gasteiger partial charge in [-0.2, -0.15) is 0 Å². The molecule has 1 N–H and O–H groups in total. The molecule has 0 aliphatic heterocycles. The van der Waals surface area contributed by atoms with E-state index in [1.165, 1.54) is 0 Å². The van der Waals surface area contributed by atoms with Crippen molar-refractivity contribution in [2.75, 3.05) is 0 Å². The zero-order chi connectivity index (χ0) is 7.86. The van der Waals surface area contributed by atoms with Crippen LogP contribution in [-0.2, 0) is 25.3 Å². The Bertz CT molecular complexity index is 96.4. The van der Waals surface area contributed by atoms with E-state index < -0.39 is 5.97 Å². The van der Waals surface area contributed by atoms with Crippen molar-refractivity contribution in [1.82, 2.24) is 0 Å². The van der Waals surface area contributed by atoms with Crippen LogP contribution in [0.2, 0.25) is 0 Å². The van der Waals surface area contributed by atoms with Crippen LogP contribution in [-0.4, -0.2) is 15.8 Å². The van der Waals surface area contributed by atoms with Crippen molar-refractivity contribution in [1.29, 1.82) is 0 Å². The fourth-order valence-corrected chi connectivity index (χ4v) is 0. The number of hydrogen-bond acceptors (Lipinski definition) is 2. The number of carbonyl (C=O) groups excluding carboxylic acids is 1. The van der Waals surface area contributed by atoms with Gasteiger partial charge in [-0.3, -0.25) is 4.79 Å². The molecule has 0 unspecified atom stereocenters. The number of rotatable bonds is 1. The van der Waals surface area contributed by atoms with Crippen LogP contribution in [0, 0.1) is 0 Å². The molecular weight excluding hydrogens is 167 g/mol. The number of carboxylic acids is 1. The number of carboxylic acid groups (broad SMARTS) is 1. The fraction of sp³-hybridized carbons (Fsp3) is 0.600. The van der Waals surface area contributed by atoms with Gasteiger partial charge in [-0.15, -0.1) is 0 Å². The molecule has 0 spiro atoms. The first-order valence-electron chi connectivity index (χ1n) is 2.36. The average molecular weight is 176 g/mol. The van der Waals surface area contributed by atoms with Crippen molar-refractivity contribution in [2.45, 2.75) is 20.3 Å². The third-order valence-electron chi connectivity index (χ3n) is 0.262. The summed E-state index contributed by atoms with van der Waals surface area (Å²) >= 11 is 3.50. The second kappa shape index (κ2) is 7.65. The Morgan fingerprint density at radius 2 is 1.67 bits per heavy atom. The van der Waals surface area contributed by atoms with E-state index in [0.717, 1.165) is 6.92 Å². The SMILES string of the molecule is CC(=O)O.CC[C](=O)[Co]. The molecule has 0 aromatic heterocycles. The number of aliphatic carboxylic acids is 1. The standard InChI is InChI=1S/C3H5O.C2H4O2.Co/c1-2-3-4;1-2(3)4;/h2H2,1H3;1H3,(H,3,4);. The summed E-state index contributed by atoms with van der Waals surface area (Å²) in [5.74, 6) is -0.833. The Hall–Kier alpha value is -0.354. The summed E-state index contributed by atoms with van der Waals surface area (Å²) in [7, 11) is 0. The second-order valence-corrected chi connectivity index (χ2v) is 1.78. The molecule has 0 saturated carbocycles. The van der Waals surface area contributed by atoms with E-state index in [1.807, 2.05) is 0 Å². The molecule has 0 rings (SSSR count). The summed E-state index contributed by atoms with van der Waals surface area (Å²) in [6, 6.07) is 0. The fourth-order valence-electron chi connectivity index (χ4n) is 0. The summed E-state index contributed by atoms with van der Waals surface area (Å²) in [6.45, 7) is 2.85. The van der Waals surface area contributed by atoms with E-state index in [1.54, 1.807) is 6.92 Å². The van der Waals surface area contributed by atoms with Gasteiger partial charge in [0.1, 0.15) is 0 Å². The van der Waals surface area contributed by atoms with E-state index in [9.17, 15) is 4.79 Å². The molecule has 0 saturated heterocycles. The van der Waals surface area contributed by atoms with Crippen molar-refractivity contribution in [3.8, 4) is 0 Å². The van der Waals surface area contributed by atoms with Gasteiger partial charge in [0.2, 0.25) is 0 Å². The molecule has 0 amide bonds. The molecule has 0 heterocycles. The molecule has 56 valence electrons. The quantitative estimate of drug-likeness (QED) is 0.635. The van der Waals surface area contributed by atoms with Gasteiger partial charge in [-0.25, -0.2) is 0 Å². The minimum absolute atomic E-state index is 0.0579. The third kappa shape index (κ3) is 89.9. The van der Waals surface area contributed by atoms with E-state index in [4.69, 9.17) is 9.90 Å². The van der Waals surface area contributed by atoms with E-state index in [2.05, 4.69) is 15.7 Å². The summed E-state index contributed by atoms with van der Waals surface area (Å²) in [5, 5.41) is 7.42. The topological polar surface area (TPSA) is 54.4 Å². The van der Waals surface area contributed by atoms with Crippen molar-refractivity contribution < 1.29 is 30.4 Å². The van der Waals surface area contributed by atoms with Gasteiger partial charge < -0.3 is 5.11 Å². The second-order valence-electron chi connectivity index (χ2n) is 1.20. The van der Waals surface area contributed by atoms with Crippen LogP contribution in [0.25, 0.3) is 0 Å². The van der Waals surface area contributed by atoms with Crippen molar-refractivity contribution in [2.24, 2.45) is 0 Å². The molecule has 0 aliphatic carbocycles. The van der Waals surface area contributed by atoms with Crippen LogP contribution < -0.4 is 0 Å². The van der Waals surface area contributed by atoms with Crippen molar-refractivity contribution in [3.63, 3.8) is 0 Å². The first kappa shape index (κ1) is 11.4. The van der Waals surface area contributed by atoms with Gasteiger partial charge in [-0.1, -0.05) is 0 Å². The molecule has 0 aromatic carbocycles. The maximum atomic E-state index is 9.67. The molecule has 4 heteroatoms. The first-order valence-corrected chi connectivity index (χ1v) is 2.88. The Kier molecular flexibility index (Phi) is 9.72. The Morgan fingerprint density at radius 3 is 1.67 bits per heavy atom. The molecule has 0 fully saturated rings. The first-order chi connectivity index (χ1) is 4.00. The molecular formula is C5H9CoO3. The molecule has 0 aliphatic rings. The minimum atomic E-state index is -0.833. The van der Waals surface area contributed by atoms with Crippen LogP contribution in [0.3, 0.4) is 0 Å². The van der Waals surface area contributed by atoms with Crippen LogP contribution in [0.1, 0.15) is 20.3 Å². The van der Waals surface area contributed by atoms with E-state index in [-0.39, 0.29) is 4.72 Å². The molecule has 0 aromatic rings. The van der Waals surface area contributed by atoms with Gasteiger partial charge in [0.15, 0.2) is 0 Å². The van der Waals surface area contributed by atoms with Crippen molar-refractivity contribution in [3.05, 3.63) is 0 Å². The monoisotopic (exact) mass is 176 g/mol. The summed E-state index contributed by atoms with van der Waals surface area (Å²) < 4.78 is -0.0579. The zero-order valence-corrected chi connectivity index (χ0v) is 6.35. The van der Waals surface area contributed by atoms with Crippen LogP contribution in [0.4, 0.5) is 0 Å². The molecule has 0 bridgehead atoms. The maximum absolute atomic E-state index is 9.67. The van der Waals surface area contributed by atoms with Gasteiger partial charge in [0.05, 0.1) is 0 Å². The van der Waals surface area contributed by atoms with Gasteiger partial charge in [-0.05, 0) is 0 Å². The molecule has 0 atom stereocenters. The third-order valence-corrected chi connectivity index (χ3v) is 0.630. The Morgan fingerprint density at radius 1 is 1.56 bits per heavy atom. The Balaban J connectivity index is 0. The van der Waals surface area contributed by atoms with Crippen LogP contribution >= 0.6 is 0 Å². The predicted octanol–water partition coefficient (Wildman–Crippen LogP) is 0.561.